The molecule has 1 fully saturated rings. The molecule has 1 saturated heterocycles. The second-order valence-electron chi connectivity index (χ2n) is 6.06. The van der Waals surface area contributed by atoms with Crippen molar-refractivity contribution in [2.75, 3.05) is 33.3 Å². The minimum absolute atomic E-state index is 0.0848. The van der Waals surface area contributed by atoms with E-state index in [0.29, 0.717) is 11.8 Å². The Balaban J connectivity index is 1.79. The summed E-state index contributed by atoms with van der Waals surface area (Å²) in [6, 6.07) is 8.00. The standard InChI is InChI=1S/C17H26N2O2/c1-13(2)15-4-6-16(7-5-15)21-12-17(20)19-9-8-14(11-19)10-18-3/h4-7,13-14,18H,8-12H2,1-3H3. The van der Waals surface area contributed by atoms with Crippen molar-refractivity contribution in [3.05, 3.63) is 29.8 Å². The Morgan fingerprint density at radius 2 is 2.10 bits per heavy atom. The molecule has 1 unspecified atom stereocenters. The van der Waals surface area contributed by atoms with Crippen LogP contribution in [0.25, 0.3) is 0 Å². The van der Waals surface area contributed by atoms with E-state index in [1.807, 2.05) is 24.1 Å². The van der Waals surface area contributed by atoms with Crippen molar-refractivity contribution >= 4 is 5.91 Å². The number of amides is 1. The maximum absolute atomic E-state index is 12.1. The summed E-state index contributed by atoms with van der Waals surface area (Å²) in [5, 5.41) is 3.17. The highest BCUT2D eigenvalue weighted by Crippen LogP contribution is 2.19. The molecule has 4 heteroatoms. The molecular weight excluding hydrogens is 264 g/mol. The Morgan fingerprint density at radius 1 is 1.38 bits per heavy atom. The van der Waals surface area contributed by atoms with Gasteiger partial charge in [-0.2, -0.15) is 0 Å². The second kappa shape index (κ2) is 7.46. The summed E-state index contributed by atoms with van der Waals surface area (Å²) in [5.41, 5.74) is 1.28. The van der Waals surface area contributed by atoms with Gasteiger partial charge in [0.25, 0.3) is 5.91 Å². The third kappa shape index (κ3) is 4.46. The fourth-order valence-corrected chi connectivity index (χ4v) is 2.70. The van der Waals surface area contributed by atoms with Crippen LogP contribution in [0, 0.1) is 5.92 Å². The maximum Gasteiger partial charge on any atom is 0.260 e. The zero-order valence-corrected chi connectivity index (χ0v) is 13.3. The van der Waals surface area contributed by atoms with E-state index in [4.69, 9.17) is 4.74 Å². The van der Waals surface area contributed by atoms with E-state index in [9.17, 15) is 4.79 Å². The summed E-state index contributed by atoms with van der Waals surface area (Å²) in [4.78, 5) is 14.0. The van der Waals surface area contributed by atoms with E-state index in [1.54, 1.807) is 0 Å². The van der Waals surface area contributed by atoms with Gasteiger partial charge in [-0.1, -0.05) is 26.0 Å². The van der Waals surface area contributed by atoms with Gasteiger partial charge < -0.3 is 15.0 Å². The van der Waals surface area contributed by atoms with E-state index < -0.39 is 0 Å². The Morgan fingerprint density at radius 3 is 2.71 bits per heavy atom. The molecule has 0 spiro atoms. The average molecular weight is 290 g/mol. The van der Waals surface area contributed by atoms with Crippen LogP contribution < -0.4 is 10.1 Å². The molecular formula is C17H26N2O2. The van der Waals surface area contributed by atoms with Crippen molar-refractivity contribution in [1.82, 2.24) is 10.2 Å². The lowest BCUT2D eigenvalue weighted by atomic mass is 10.0. The smallest absolute Gasteiger partial charge is 0.260 e. The van der Waals surface area contributed by atoms with Crippen molar-refractivity contribution in [1.29, 1.82) is 0 Å². The Hall–Kier alpha value is -1.55. The van der Waals surface area contributed by atoms with E-state index in [1.165, 1.54) is 5.56 Å². The average Bonchev–Trinajstić information content (AvgIpc) is 2.94. The van der Waals surface area contributed by atoms with Crippen LogP contribution in [0.5, 0.6) is 5.75 Å². The largest absolute Gasteiger partial charge is 0.484 e. The molecule has 0 aromatic heterocycles. The lowest BCUT2D eigenvalue weighted by molar-refractivity contribution is -0.132. The Kier molecular flexibility index (Phi) is 5.62. The van der Waals surface area contributed by atoms with Crippen LogP contribution in [-0.2, 0) is 4.79 Å². The van der Waals surface area contributed by atoms with Crippen LogP contribution in [0.4, 0.5) is 0 Å². The number of ether oxygens (including phenoxy) is 1. The van der Waals surface area contributed by atoms with Crippen LogP contribution in [-0.4, -0.2) is 44.1 Å². The SMILES string of the molecule is CNCC1CCN(C(=O)COc2ccc(C(C)C)cc2)C1. The van der Waals surface area contributed by atoms with Crippen LogP contribution in [0.1, 0.15) is 31.7 Å². The minimum atomic E-state index is 0.0848. The van der Waals surface area contributed by atoms with Gasteiger partial charge in [0.15, 0.2) is 6.61 Å². The number of nitrogens with one attached hydrogen (secondary N) is 1. The molecule has 0 saturated carbocycles. The number of likely N-dealkylation sites (tertiary alicyclic amines) is 1. The third-order valence-electron chi connectivity index (χ3n) is 4.04. The van der Waals surface area contributed by atoms with Gasteiger partial charge in [-0.25, -0.2) is 0 Å². The highest BCUT2D eigenvalue weighted by atomic mass is 16.5. The van der Waals surface area contributed by atoms with Gasteiger partial charge in [0.2, 0.25) is 0 Å². The summed E-state index contributed by atoms with van der Waals surface area (Å²) in [7, 11) is 1.95. The van der Waals surface area contributed by atoms with Crippen LogP contribution in [0.3, 0.4) is 0 Å². The third-order valence-corrected chi connectivity index (χ3v) is 4.04. The minimum Gasteiger partial charge on any atom is -0.484 e. The lowest BCUT2D eigenvalue weighted by Crippen LogP contribution is -2.34. The Bertz CT molecular complexity index is 456. The molecule has 0 bridgehead atoms. The number of hydrogen-bond donors (Lipinski definition) is 1. The van der Waals surface area contributed by atoms with Crippen LogP contribution in [0.2, 0.25) is 0 Å². The molecule has 2 rings (SSSR count). The fraction of sp³-hybridized carbons (Fsp3) is 0.588. The zero-order valence-electron chi connectivity index (χ0n) is 13.3. The van der Waals surface area contributed by atoms with Gasteiger partial charge in [-0.15, -0.1) is 0 Å². The molecule has 1 aliphatic rings. The number of carbonyl (C=O) groups is 1. The number of hydrogen-bond acceptors (Lipinski definition) is 3. The molecule has 21 heavy (non-hydrogen) atoms. The van der Waals surface area contributed by atoms with Crippen LogP contribution >= 0.6 is 0 Å². The predicted octanol–water partition coefficient (Wildman–Crippen LogP) is 2.26. The van der Waals surface area contributed by atoms with E-state index in [-0.39, 0.29) is 12.5 Å². The molecule has 1 aromatic rings. The number of nitrogens with zero attached hydrogens (tertiary/aromatic N) is 1. The summed E-state index contributed by atoms with van der Waals surface area (Å²) in [6.45, 7) is 7.12. The summed E-state index contributed by atoms with van der Waals surface area (Å²) in [6.07, 6.45) is 1.08. The molecule has 4 nitrogen and oxygen atoms in total. The topological polar surface area (TPSA) is 41.6 Å². The van der Waals surface area contributed by atoms with Gasteiger partial charge in [0.05, 0.1) is 0 Å². The second-order valence-corrected chi connectivity index (χ2v) is 6.06. The molecule has 1 amide bonds. The maximum atomic E-state index is 12.1. The summed E-state index contributed by atoms with van der Waals surface area (Å²) >= 11 is 0. The fourth-order valence-electron chi connectivity index (χ4n) is 2.70. The van der Waals surface area contributed by atoms with Crippen molar-refractivity contribution in [2.45, 2.75) is 26.2 Å². The van der Waals surface area contributed by atoms with Crippen molar-refractivity contribution in [2.24, 2.45) is 5.92 Å². The number of benzene rings is 1. The molecule has 1 N–H and O–H groups in total. The quantitative estimate of drug-likeness (QED) is 0.874. The van der Waals surface area contributed by atoms with Gasteiger partial charge in [-0.3, -0.25) is 4.79 Å². The van der Waals surface area contributed by atoms with Crippen molar-refractivity contribution in [3.63, 3.8) is 0 Å². The first-order chi connectivity index (χ1) is 10.1. The van der Waals surface area contributed by atoms with Gasteiger partial charge in [0, 0.05) is 13.1 Å². The highest BCUT2D eigenvalue weighted by molar-refractivity contribution is 5.78. The van der Waals surface area contributed by atoms with Gasteiger partial charge >= 0.3 is 0 Å². The van der Waals surface area contributed by atoms with E-state index in [0.717, 1.165) is 31.8 Å². The predicted molar refractivity (Wildman–Crippen MR) is 84.6 cm³/mol. The normalized spacial score (nSPS) is 18.3. The molecule has 0 aliphatic carbocycles. The monoisotopic (exact) mass is 290 g/mol. The van der Waals surface area contributed by atoms with Crippen molar-refractivity contribution in [3.8, 4) is 5.75 Å². The van der Waals surface area contributed by atoms with Crippen molar-refractivity contribution < 1.29 is 9.53 Å². The molecule has 1 aliphatic heterocycles. The first-order valence-corrected chi connectivity index (χ1v) is 7.75. The van der Waals surface area contributed by atoms with Gasteiger partial charge in [-0.05, 0) is 49.5 Å². The highest BCUT2D eigenvalue weighted by Gasteiger charge is 2.25. The lowest BCUT2D eigenvalue weighted by Gasteiger charge is -2.17. The number of rotatable bonds is 6. The van der Waals surface area contributed by atoms with E-state index >= 15 is 0 Å². The number of carbonyl (C=O) groups excluding carboxylic acids is 1. The Labute approximate surface area is 127 Å². The van der Waals surface area contributed by atoms with Crippen LogP contribution in [0.15, 0.2) is 24.3 Å². The van der Waals surface area contributed by atoms with E-state index in [2.05, 4.69) is 31.3 Å². The molecule has 1 atom stereocenters. The molecule has 116 valence electrons. The first-order valence-electron chi connectivity index (χ1n) is 7.75. The summed E-state index contributed by atoms with van der Waals surface area (Å²) in [5.74, 6) is 1.93. The van der Waals surface area contributed by atoms with Gasteiger partial charge in [0.1, 0.15) is 5.75 Å². The zero-order chi connectivity index (χ0) is 15.2. The molecule has 1 heterocycles. The molecule has 1 aromatic carbocycles. The molecule has 0 radical (unpaired) electrons. The first kappa shape index (κ1) is 15.8. The summed E-state index contributed by atoms with van der Waals surface area (Å²) < 4.78 is 5.60.